The van der Waals surface area contributed by atoms with Gasteiger partial charge in [-0.3, -0.25) is 9.59 Å². The van der Waals surface area contributed by atoms with Gasteiger partial charge >= 0.3 is 5.97 Å². The smallest absolute Gasteiger partial charge is 0.305 e. The highest BCUT2D eigenvalue weighted by atomic mass is 16.5. The minimum atomic E-state index is -1.12. The van der Waals surface area contributed by atoms with Crippen molar-refractivity contribution in [3.05, 3.63) is 23.3 Å². The Balaban J connectivity index is 3.18. The number of ketones is 1. The summed E-state index contributed by atoms with van der Waals surface area (Å²) in [4.78, 5) is 22.8. The van der Waals surface area contributed by atoms with Gasteiger partial charge in [0.15, 0.2) is 5.78 Å². The Labute approximate surface area is 111 Å². The van der Waals surface area contributed by atoms with E-state index in [-0.39, 0.29) is 5.56 Å². The Hall–Kier alpha value is -2.08. The minimum absolute atomic E-state index is 0.289. The molecular formula is C13H17NO5. The zero-order valence-electron chi connectivity index (χ0n) is 11.1. The Morgan fingerprint density at radius 3 is 2.42 bits per heavy atom. The lowest BCUT2D eigenvalue weighted by molar-refractivity contribution is -0.137. The number of ether oxygens (including phenoxy) is 2. The molecule has 0 aliphatic rings. The number of carboxylic acids is 1. The van der Waals surface area contributed by atoms with E-state index in [1.54, 1.807) is 19.1 Å². The van der Waals surface area contributed by atoms with Crippen molar-refractivity contribution >= 4 is 11.8 Å². The minimum Gasteiger partial charge on any atom is -0.497 e. The number of nitrogens with two attached hydrogens (primary N) is 1. The highest BCUT2D eigenvalue weighted by Gasteiger charge is 2.24. The maximum absolute atomic E-state index is 12.2. The molecule has 0 aliphatic heterocycles. The highest BCUT2D eigenvalue weighted by Crippen LogP contribution is 2.29. The molecular weight excluding hydrogens is 250 g/mol. The molecule has 1 unspecified atom stereocenters. The van der Waals surface area contributed by atoms with Crippen LogP contribution in [0.5, 0.6) is 11.5 Å². The van der Waals surface area contributed by atoms with Gasteiger partial charge in [-0.2, -0.15) is 0 Å². The molecule has 0 saturated carbocycles. The molecule has 1 rings (SSSR count). The number of carbonyl (C=O) groups is 2. The van der Waals surface area contributed by atoms with Crippen LogP contribution in [0.4, 0.5) is 0 Å². The maximum Gasteiger partial charge on any atom is 0.305 e. The molecule has 6 nitrogen and oxygen atoms in total. The molecule has 0 amide bonds. The molecule has 0 aromatic heterocycles. The molecule has 0 saturated heterocycles. The van der Waals surface area contributed by atoms with Crippen molar-refractivity contribution in [3.63, 3.8) is 0 Å². The third kappa shape index (κ3) is 3.45. The second-order valence-corrected chi connectivity index (χ2v) is 4.09. The van der Waals surface area contributed by atoms with Crippen LogP contribution in [0.15, 0.2) is 12.1 Å². The summed E-state index contributed by atoms with van der Waals surface area (Å²) >= 11 is 0. The quantitative estimate of drug-likeness (QED) is 0.746. The molecule has 0 fully saturated rings. The summed E-state index contributed by atoms with van der Waals surface area (Å²) in [5, 5.41) is 8.67. The first-order chi connectivity index (χ1) is 8.90. The molecule has 3 N–H and O–H groups in total. The van der Waals surface area contributed by atoms with E-state index in [2.05, 4.69) is 0 Å². The topological polar surface area (TPSA) is 98.9 Å². The highest BCUT2D eigenvalue weighted by molar-refractivity contribution is 6.05. The summed E-state index contributed by atoms with van der Waals surface area (Å²) in [5.41, 5.74) is 6.51. The number of Topliss-reactive ketones (excluding diaryl/α,β-unsaturated/α-hetero) is 1. The van der Waals surface area contributed by atoms with Crippen LogP contribution in [0, 0.1) is 6.92 Å². The predicted molar refractivity (Wildman–Crippen MR) is 68.8 cm³/mol. The predicted octanol–water partition coefficient (Wildman–Crippen LogP) is 0.997. The van der Waals surface area contributed by atoms with Crippen molar-refractivity contribution in [2.24, 2.45) is 5.73 Å². The fourth-order valence-electron chi connectivity index (χ4n) is 1.78. The van der Waals surface area contributed by atoms with E-state index in [1.165, 1.54) is 14.2 Å². The molecule has 0 bridgehead atoms. The molecule has 0 spiro atoms. The second kappa shape index (κ2) is 6.19. The van der Waals surface area contributed by atoms with Gasteiger partial charge in [-0.15, -0.1) is 0 Å². The SMILES string of the molecule is COc1cc(C)c(C(=O)C(N)CC(=O)O)c(OC)c1. The molecule has 1 aromatic carbocycles. The van der Waals surface area contributed by atoms with Crippen LogP contribution in [-0.4, -0.2) is 37.1 Å². The maximum atomic E-state index is 12.2. The number of carboxylic acid groups (broad SMARTS) is 1. The fraction of sp³-hybridized carbons (Fsp3) is 0.385. The average Bonchev–Trinajstić information content (AvgIpc) is 2.35. The lowest BCUT2D eigenvalue weighted by Gasteiger charge is -2.15. The second-order valence-electron chi connectivity index (χ2n) is 4.09. The summed E-state index contributed by atoms with van der Waals surface area (Å²) in [6, 6.07) is 2.13. The third-order valence-corrected chi connectivity index (χ3v) is 2.71. The molecule has 0 heterocycles. The van der Waals surface area contributed by atoms with Crippen molar-refractivity contribution in [1.82, 2.24) is 0 Å². The molecule has 1 aromatic rings. The molecule has 1 atom stereocenters. The van der Waals surface area contributed by atoms with Gasteiger partial charge in [-0.05, 0) is 18.6 Å². The number of hydrogen-bond acceptors (Lipinski definition) is 5. The third-order valence-electron chi connectivity index (χ3n) is 2.71. The number of carbonyl (C=O) groups excluding carboxylic acids is 1. The van der Waals surface area contributed by atoms with Crippen molar-refractivity contribution in [2.75, 3.05) is 14.2 Å². The van der Waals surface area contributed by atoms with Gasteiger partial charge in [0, 0.05) is 6.07 Å². The fourth-order valence-corrected chi connectivity index (χ4v) is 1.78. The van der Waals surface area contributed by atoms with E-state index >= 15 is 0 Å². The van der Waals surface area contributed by atoms with E-state index in [0.717, 1.165) is 0 Å². The summed E-state index contributed by atoms with van der Waals surface area (Å²) < 4.78 is 10.2. The molecule has 0 aliphatic carbocycles. The van der Waals surface area contributed by atoms with E-state index in [0.29, 0.717) is 17.1 Å². The van der Waals surface area contributed by atoms with E-state index in [9.17, 15) is 9.59 Å². The standard InChI is InChI=1S/C13H17NO5/c1-7-4-8(18-2)5-10(19-3)12(7)13(17)9(14)6-11(15)16/h4-5,9H,6,14H2,1-3H3,(H,15,16). The van der Waals surface area contributed by atoms with Gasteiger partial charge in [0.05, 0.1) is 32.2 Å². The molecule has 0 radical (unpaired) electrons. The van der Waals surface area contributed by atoms with Crippen LogP contribution < -0.4 is 15.2 Å². The van der Waals surface area contributed by atoms with E-state index in [1.807, 2.05) is 0 Å². The van der Waals surface area contributed by atoms with Crippen LogP contribution in [-0.2, 0) is 4.79 Å². The first-order valence-electron chi connectivity index (χ1n) is 5.65. The van der Waals surface area contributed by atoms with E-state index < -0.39 is 24.2 Å². The van der Waals surface area contributed by atoms with Crippen LogP contribution in [0.3, 0.4) is 0 Å². The molecule has 6 heteroatoms. The lowest BCUT2D eigenvalue weighted by atomic mass is 9.97. The van der Waals surface area contributed by atoms with Gasteiger partial charge in [0.2, 0.25) is 0 Å². The first kappa shape index (κ1) is 15.0. The lowest BCUT2D eigenvalue weighted by Crippen LogP contribution is -2.33. The Bertz CT molecular complexity index is 498. The molecule has 19 heavy (non-hydrogen) atoms. The number of methoxy groups -OCH3 is 2. The summed E-state index contributed by atoms with van der Waals surface area (Å²) in [5.74, 6) is -0.703. The van der Waals surface area contributed by atoms with Gasteiger partial charge in [-0.25, -0.2) is 0 Å². The average molecular weight is 267 g/mol. The summed E-state index contributed by atoms with van der Waals surface area (Å²) in [7, 11) is 2.93. The van der Waals surface area contributed by atoms with Gasteiger partial charge < -0.3 is 20.3 Å². The number of benzene rings is 1. The van der Waals surface area contributed by atoms with Crippen molar-refractivity contribution in [2.45, 2.75) is 19.4 Å². The first-order valence-corrected chi connectivity index (χ1v) is 5.65. The monoisotopic (exact) mass is 267 g/mol. The zero-order chi connectivity index (χ0) is 14.6. The number of aliphatic carboxylic acids is 1. The normalized spacial score (nSPS) is 11.8. The largest absolute Gasteiger partial charge is 0.497 e. The van der Waals surface area contributed by atoms with Gasteiger partial charge in [0.1, 0.15) is 11.5 Å². The number of rotatable bonds is 6. The van der Waals surface area contributed by atoms with E-state index in [4.69, 9.17) is 20.3 Å². The Kier molecular flexibility index (Phi) is 4.88. The Morgan fingerprint density at radius 1 is 1.32 bits per heavy atom. The van der Waals surface area contributed by atoms with Gasteiger partial charge in [-0.1, -0.05) is 0 Å². The molecule has 104 valence electrons. The zero-order valence-corrected chi connectivity index (χ0v) is 11.1. The van der Waals surface area contributed by atoms with Crippen molar-refractivity contribution < 1.29 is 24.2 Å². The summed E-state index contributed by atoms with van der Waals surface area (Å²) in [6.45, 7) is 1.71. The van der Waals surface area contributed by atoms with Gasteiger partial charge in [0.25, 0.3) is 0 Å². The van der Waals surface area contributed by atoms with Crippen molar-refractivity contribution in [1.29, 1.82) is 0 Å². The number of aryl methyl sites for hydroxylation is 1. The summed E-state index contributed by atoms with van der Waals surface area (Å²) in [6.07, 6.45) is -0.423. The van der Waals surface area contributed by atoms with Crippen LogP contribution in [0.2, 0.25) is 0 Å². The Morgan fingerprint density at radius 2 is 1.95 bits per heavy atom. The van der Waals surface area contributed by atoms with Crippen molar-refractivity contribution in [3.8, 4) is 11.5 Å². The van der Waals surface area contributed by atoms with Crippen LogP contribution in [0.25, 0.3) is 0 Å². The number of hydrogen-bond donors (Lipinski definition) is 2. The van der Waals surface area contributed by atoms with Crippen LogP contribution in [0.1, 0.15) is 22.3 Å². The van der Waals surface area contributed by atoms with Crippen LogP contribution >= 0.6 is 0 Å².